The summed E-state index contributed by atoms with van der Waals surface area (Å²) < 4.78 is 13.9. The van der Waals surface area contributed by atoms with Gasteiger partial charge in [-0.2, -0.15) is 0 Å². The van der Waals surface area contributed by atoms with Crippen LogP contribution in [0.5, 0.6) is 0 Å². The Labute approximate surface area is 146 Å². The van der Waals surface area contributed by atoms with Gasteiger partial charge in [-0.25, -0.2) is 4.39 Å². The van der Waals surface area contributed by atoms with Gasteiger partial charge in [0.2, 0.25) is 0 Å². The number of amides is 1. The number of carbonyl (C=O) groups excluding carboxylic acids is 1. The zero-order valence-corrected chi connectivity index (χ0v) is 14.2. The number of hydrogen-bond acceptors (Lipinski definition) is 2. The highest BCUT2D eigenvalue weighted by molar-refractivity contribution is 6.33. The van der Waals surface area contributed by atoms with Crippen LogP contribution in [0.25, 0.3) is 0 Å². The van der Waals surface area contributed by atoms with Crippen LogP contribution in [0.2, 0.25) is 5.02 Å². The number of carbonyl (C=O) groups is 1. The van der Waals surface area contributed by atoms with E-state index in [0.29, 0.717) is 13.1 Å². The first kappa shape index (κ1) is 16.9. The lowest BCUT2D eigenvalue weighted by molar-refractivity contribution is 0.0634. The van der Waals surface area contributed by atoms with Crippen LogP contribution in [-0.4, -0.2) is 48.4 Å². The third-order valence-corrected chi connectivity index (χ3v) is 4.71. The third-order valence-electron chi connectivity index (χ3n) is 4.40. The molecule has 0 spiro atoms. The van der Waals surface area contributed by atoms with Crippen molar-refractivity contribution in [1.82, 2.24) is 9.80 Å². The van der Waals surface area contributed by atoms with E-state index in [4.69, 9.17) is 11.6 Å². The Kier molecular flexibility index (Phi) is 5.48. The fourth-order valence-electron chi connectivity index (χ4n) is 2.97. The van der Waals surface area contributed by atoms with E-state index in [9.17, 15) is 9.18 Å². The summed E-state index contributed by atoms with van der Waals surface area (Å²) in [6.45, 7) is 3.75. The Morgan fingerprint density at radius 3 is 2.38 bits per heavy atom. The van der Waals surface area contributed by atoms with Crippen molar-refractivity contribution in [1.29, 1.82) is 0 Å². The molecule has 24 heavy (non-hydrogen) atoms. The quantitative estimate of drug-likeness (QED) is 0.846. The normalized spacial score (nSPS) is 15.5. The third kappa shape index (κ3) is 3.94. The SMILES string of the molecule is O=C(c1c(F)cccc1Cl)N1CCN(CCc2ccccc2)CC1. The maximum atomic E-state index is 13.9. The minimum Gasteiger partial charge on any atom is -0.336 e. The molecular weight excluding hydrogens is 327 g/mol. The predicted molar refractivity (Wildman–Crippen MR) is 93.9 cm³/mol. The molecule has 1 aliphatic heterocycles. The van der Waals surface area contributed by atoms with E-state index < -0.39 is 5.82 Å². The number of nitrogens with zero attached hydrogens (tertiary/aromatic N) is 2. The van der Waals surface area contributed by atoms with Gasteiger partial charge in [0.1, 0.15) is 5.82 Å². The summed E-state index contributed by atoms with van der Waals surface area (Å²) in [7, 11) is 0. The molecule has 0 bridgehead atoms. The lowest BCUT2D eigenvalue weighted by Gasteiger charge is -2.35. The summed E-state index contributed by atoms with van der Waals surface area (Å²) in [5.41, 5.74) is 1.30. The van der Waals surface area contributed by atoms with E-state index >= 15 is 0 Å². The lowest BCUT2D eigenvalue weighted by Crippen LogP contribution is -2.49. The fraction of sp³-hybridized carbons (Fsp3) is 0.316. The van der Waals surface area contributed by atoms with Crippen LogP contribution in [0, 0.1) is 5.82 Å². The van der Waals surface area contributed by atoms with Gasteiger partial charge in [-0.3, -0.25) is 9.69 Å². The number of hydrogen-bond donors (Lipinski definition) is 0. The molecular formula is C19H20ClFN2O. The average molecular weight is 347 g/mol. The zero-order valence-electron chi connectivity index (χ0n) is 13.4. The number of rotatable bonds is 4. The van der Waals surface area contributed by atoms with Gasteiger partial charge in [0.05, 0.1) is 10.6 Å². The van der Waals surface area contributed by atoms with Gasteiger partial charge in [0, 0.05) is 32.7 Å². The van der Waals surface area contributed by atoms with Crippen molar-refractivity contribution >= 4 is 17.5 Å². The first-order valence-corrected chi connectivity index (χ1v) is 8.52. The average Bonchev–Trinajstić information content (AvgIpc) is 2.61. The predicted octanol–water partition coefficient (Wildman–Crippen LogP) is 3.48. The van der Waals surface area contributed by atoms with E-state index in [1.54, 1.807) is 11.0 Å². The maximum absolute atomic E-state index is 13.9. The highest BCUT2D eigenvalue weighted by Crippen LogP contribution is 2.21. The van der Waals surface area contributed by atoms with Crippen molar-refractivity contribution in [2.24, 2.45) is 0 Å². The second-order valence-corrected chi connectivity index (χ2v) is 6.37. The largest absolute Gasteiger partial charge is 0.336 e. The molecule has 2 aromatic rings. The molecule has 0 atom stereocenters. The van der Waals surface area contributed by atoms with Gasteiger partial charge in [-0.1, -0.05) is 48.0 Å². The Bertz CT molecular complexity index is 680. The first-order valence-electron chi connectivity index (χ1n) is 8.15. The molecule has 1 saturated heterocycles. The van der Waals surface area contributed by atoms with Crippen LogP contribution in [0.3, 0.4) is 0 Å². The molecule has 3 rings (SSSR count). The molecule has 5 heteroatoms. The molecule has 1 heterocycles. The van der Waals surface area contributed by atoms with Crippen molar-refractivity contribution in [3.05, 3.63) is 70.5 Å². The molecule has 0 radical (unpaired) electrons. The smallest absolute Gasteiger partial charge is 0.258 e. The summed E-state index contributed by atoms with van der Waals surface area (Å²) in [5, 5.41) is 0.173. The molecule has 3 nitrogen and oxygen atoms in total. The Balaban J connectivity index is 1.54. The van der Waals surface area contributed by atoms with Crippen molar-refractivity contribution in [2.75, 3.05) is 32.7 Å². The van der Waals surface area contributed by atoms with E-state index in [2.05, 4.69) is 17.0 Å². The zero-order chi connectivity index (χ0) is 16.9. The molecule has 2 aromatic carbocycles. The van der Waals surface area contributed by atoms with Gasteiger partial charge in [0.15, 0.2) is 0 Å². The Hall–Kier alpha value is -1.91. The summed E-state index contributed by atoms with van der Waals surface area (Å²) in [6, 6.07) is 14.7. The van der Waals surface area contributed by atoms with E-state index in [1.807, 2.05) is 18.2 Å². The molecule has 1 aliphatic rings. The number of piperazine rings is 1. The summed E-state index contributed by atoms with van der Waals surface area (Å²) >= 11 is 5.99. The van der Waals surface area contributed by atoms with Crippen molar-refractivity contribution in [3.8, 4) is 0 Å². The standard InChI is InChI=1S/C19H20ClFN2O/c20-16-7-4-8-17(21)18(16)19(24)23-13-11-22(12-14-23)10-9-15-5-2-1-3-6-15/h1-8H,9-14H2. The van der Waals surface area contributed by atoms with E-state index in [0.717, 1.165) is 26.1 Å². The topological polar surface area (TPSA) is 23.6 Å². The van der Waals surface area contributed by atoms with Crippen molar-refractivity contribution in [3.63, 3.8) is 0 Å². The highest BCUT2D eigenvalue weighted by atomic mass is 35.5. The van der Waals surface area contributed by atoms with Crippen molar-refractivity contribution < 1.29 is 9.18 Å². The van der Waals surface area contributed by atoms with Crippen molar-refractivity contribution in [2.45, 2.75) is 6.42 Å². The second kappa shape index (κ2) is 7.77. The van der Waals surface area contributed by atoms with Gasteiger partial charge in [-0.15, -0.1) is 0 Å². The highest BCUT2D eigenvalue weighted by Gasteiger charge is 2.25. The molecule has 1 amide bonds. The molecule has 1 fully saturated rings. The fourth-order valence-corrected chi connectivity index (χ4v) is 3.21. The molecule has 0 N–H and O–H groups in total. The Morgan fingerprint density at radius 1 is 1.00 bits per heavy atom. The van der Waals surface area contributed by atoms with Crippen LogP contribution >= 0.6 is 11.6 Å². The van der Waals surface area contributed by atoms with Crippen LogP contribution in [-0.2, 0) is 6.42 Å². The minimum atomic E-state index is -0.556. The molecule has 126 valence electrons. The lowest BCUT2D eigenvalue weighted by atomic mass is 10.1. The van der Waals surface area contributed by atoms with Gasteiger partial charge in [0.25, 0.3) is 5.91 Å². The number of halogens is 2. The maximum Gasteiger partial charge on any atom is 0.258 e. The van der Waals surface area contributed by atoms with Gasteiger partial charge >= 0.3 is 0 Å². The Morgan fingerprint density at radius 2 is 1.71 bits per heavy atom. The second-order valence-electron chi connectivity index (χ2n) is 5.97. The van der Waals surface area contributed by atoms with E-state index in [-0.39, 0.29) is 16.5 Å². The molecule has 0 aromatic heterocycles. The van der Waals surface area contributed by atoms with Gasteiger partial charge in [-0.05, 0) is 24.1 Å². The van der Waals surface area contributed by atoms with Crippen LogP contribution in [0.4, 0.5) is 4.39 Å². The molecule has 0 aliphatic carbocycles. The first-order chi connectivity index (χ1) is 11.6. The minimum absolute atomic E-state index is 0.0168. The monoisotopic (exact) mass is 346 g/mol. The number of benzene rings is 2. The summed E-state index contributed by atoms with van der Waals surface area (Å²) in [5.74, 6) is -0.875. The molecule has 0 unspecified atom stereocenters. The summed E-state index contributed by atoms with van der Waals surface area (Å²) in [6.07, 6.45) is 0.994. The van der Waals surface area contributed by atoms with E-state index in [1.165, 1.54) is 17.7 Å². The molecule has 0 saturated carbocycles. The summed E-state index contributed by atoms with van der Waals surface area (Å²) in [4.78, 5) is 16.5. The van der Waals surface area contributed by atoms with Gasteiger partial charge < -0.3 is 4.90 Å². The van der Waals surface area contributed by atoms with Crippen LogP contribution in [0.1, 0.15) is 15.9 Å². The van der Waals surface area contributed by atoms with Crippen LogP contribution in [0.15, 0.2) is 48.5 Å². The van der Waals surface area contributed by atoms with Crippen LogP contribution < -0.4 is 0 Å².